The summed E-state index contributed by atoms with van der Waals surface area (Å²) in [4.78, 5) is 36.9. The molecule has 21 nitrogen and oxygen atoms in total. The molecule has 0 radical (unpaired) electrons. The standard InChI is InChI=1S/C27H27N11O10S2/c28-33-31-18-5-10-24(23(39)15-18)48-16-29-11-3-1-2-4-12-30-26(40)17-13-21(37(41)42)25(22(14-17)38(43)44)49-27-32-34-35-36(27)19-6-8-20(9-7-19)50(45,46)47/h5-10,13-15,29,39H,1-4,11-12,16H2,(H,30,40)(H,45,46,47). The van der Waals surface area contributed by atoms with Gasteiger partial charge >= 0.3 is 0 Å². The normalized spacial score (nSPS) is 11.1. The van der Waals surface area contributed by atoms with Crippen molar-refractivity contribution in [2.75, 3.05) is 19.8 Å². The summed E-state index contributed by atoms with van der Waals surface area (Å²) in [5, 5.41) is 53.8. The van der Waals surface area contributed by atoms with Gasteiger partial charge in [-0.25, -0.2) is 0 Å². The van der Waals surface area contributed by atoms with Gasteiger partial charge in [0.25, 0.3) is 27.4 Å². The molecule has 0 atom stereocenters. The van der Waals surface area contributed by atoms with Crippen molar-refractivity contribution in [3.05, 3.63) is 90.8 Å². The fourth-order valence-corrected chi connectivity index (χ4v) is 5.78. The van der Waals surface area contributed by atoms with Crippen LogP contribution in [0.2, 0.25) is 0 Å². The lowest BCUT2D eigenvalue weighted by Crippen LogP contribution is -2.25. The number of unbranched alkanes of at least 4 members (excludes halogenated alkanes) is 3. The highest BCUT2D eigenvalue weighted by atomic mass is 32.2. The summed E-state index contributed by atoms with van der Waals surface area (Å²) in [5.41, 5.74) is 7.12. The number of tetrazole rings is 1. The molecule has 0 aliphatic rings. The molecule has 4 aromatic rings. The molecule has 0 aliphatic carbocycles. The van der Waals surface area contributed by atoms with Crippen molar-refractivity contribution in [3.63, 3.8) is 0 Å². The van der Waals surface area contributed by atoms with E-state index in [1.165, 1.54) is 30.3 Å². The number of aromatic hydroxyl groups is 1. The maximum atomic E-state index is 12.8. The number of benzene rings is 3. The van der Waals surface area contributed by atoms with Gasteiger partial charge in [-0.05, 0) is 89.6 Å². The van der Waals surface area contributed by atoms with Crippen molar-refractivity contribution in [2.45, 2.75) is 40.6 Å². The van der Waals surface area contributed by atoms with Crippen LogP contribution in [0.25, 0.3) is 16.1 Å². The maximum absolute atomic E-state index is 12.8. The molecule has 0 spiro atoms. The summed E-state index contributed by atoms with van der Waals surface area (Å²) in [6.45, 7) is 0.947. The van der Waals surface area contributed by atoms with E-state index >= 15 is 0 Å². The zero-order valence-corrected chi connectivity index (χ0v) is 27.3. The molecular weight excluding hydrogens is 702 g/mol. The van der Waals surface area contributed by atoms with Gasteiger partial charge in [0.1, 0.15) is 6.73 Å². The van der Waals surface area contributed by atoms with Crippen LogP contribution in [0.15, 0.2) is 74.7 Å². The van der Waals surface area contributed by atoms with Crippen molar-refractivity contribution in [1.29, 1.82) is 0 Å². The fourth-order valence-electron chi connectivity index (χ4n) is 4.34. The molecule has 0 bridgehead atoms. The summed E-state index contributed by atoms with van der Waals surface area (Å²) >= 11 is 0.497. The van der Waals surface area contributed by atoms with E-state index in [4.69, 9.17) is 10.3 Å². The van der Waals surface area contributed by atoms with Gasteiger partial charge in [0.05, 0.1) is 26.0 Å². The molecule has 23 heteroatoms. The molecule has 0 aliphatic heterocycles. The van der Waals surface area contributed by atoms with E-state index in [1.54, 1.807) is 0 Å². The Hall–Kier alpha value is -5.87. The van der Waals surface area contributed by atoms with Crippen LogP contribution in [0.5, 0.6) is 11.5 Å². The van der Waals surface area contributed by atoms with Crippen LogP contribution >= 0.6 is 11.8 Å². The molecule has 1 heterocycles. The summed E-state index contributed by atoms with van der Waals surface area (Å²) < 4.78 is 38.4. The maximum Gasteiger partial charge on any atom is 0.294 e. The molecule has 0 saturated heterocycles. The van der Waals surface area contributed by atoms with E-state index < -0.39 is 47.0 Å². The second kappa shape index (κ2) is 17.0. The molecule has 4 N–H and O–H groups in total. The van der Waals surface area contributed by atoms with Gasteiger partial charge in [-0.2, -0.15) is 13.1 Å². The van der Waals surface area contributed by atoms with Gasteiger partial charge < -0.3 is 15.2 Å². The highest BCUT2D eigenvalue weighted by Gasteiger charge is 2.31. The molecule has 50 heavy (non-hydrogen) atoms. The smallest absolute Gasteiger partial charge is 0.294 e. The first-order valence-electron chi connectivity index (χ1n) is 14.4. The highest BCUT2D eigenvalue weighted by Crippen LogP contribution is 2.42. The number of hydrogen-bond donors (Lipinski definition) is 4. The summed E-state index contributed by atoms with van der Waals surface area (Å²) in [7, 11) is -4.48. The quantitative estimate of drug-likeness (QED) is 0.0161. The number of phenolic OH excluding ortho intramolecular Hbond substituents is 1. The molecule has 1 aromatic heterocycles. The van der Waals surface area contributed by atoms with Crippen LogP contribution < -0.4 is 15.4 Å². The predicted molar refractivity (Wildman–Crippen MR) is 174 cm³/mol. The van der Waals surface area contributed by atoms with E-state index in [1.807, 2.05) is 0 Å². The number of aromatic nitrogens is 4. The third-order valence-electron chi connectivity index (χ3n) is 6.72. The molecule has 0 unspecified atom stereocenters. The Morgan fingerprint density at radius 2 is 1.68 bits per heavy atom. The largest absolute Gasteiger partial charge is 0.504 e. The van der Waals surface area contributed by atoms with Gasteiger partial charge in [0.2, 0.25) is 5.16 Å². The van der Waals surface area contributed by atoms with Crippen LogP contribution in [0.3, 0.4) is 0 Å². The summed E-state index contributed by atoms with van der Waals surface area (Å²) in [6, 6.07) is 10.7. The molecule has 0 saturated carbocycles. The van der Waals surface area contributed by atoms with E-state index in [0.717, 1.165) is 48.2 Å². The van der Waals surface area contributed by atoms with Crippen molar-refractivity contribution in [2.24, 2.45) is 5.11 Å². The van der Waals surface area contributed by atoms with E-state index in [9.17, 15) is 43.1 Å². The highest BCUT2D eigenvalue weighted by molar-refractivity contribution is 7.99. The minimum Gasteiger partial charge on any atom is -0.504 e. The molecule has 4 rings (SSSR count). The van der Waals surface area contributed by atoms with Crippen LogP contribution in [0.4, 0.5) is 17.1 Å². The number of nitrogens with zero attached hydrogens (tertiary/aromatic N) is 9. The fraction of sp³-hybridized carbons (Fsp3) is 0.259. The van der Waals surface area contributed by atoms with Crippen LogP contribution in [0, 0.1) is 20.2 Å². The Kier molecular flexibility index (Phi) is 12.6. The summed E-state index contributed by atoms with van der Waals surface area (Å²) in [5.74, 6) is -0.686. The first-order valence-corrected chi connectivity index (χ1v) is 16.7. The van der Waals surface area contributed by atoms with Crippen molar-refractivity contribution < 1.29 is 37.5 Å². The van der Waals surface area contributed by atoms with Gasteiger partial charge in [0.15, 0.2) is 16.4 Å². The third kappa shape index (κ3) is 9.83. The minimum absolute atomic E-state index is 0.130. The first-order chi connectivity index (χ1) is 23.9. The first kappa shape index (κ1) is 37.0. The minimum atomic E-state index is -4.48. The Labute approximate surface area is 286 Å². The zero-order valence-electron chi connectivity index (χ0n) is 25.6. The van der Waals surface area contributed by atoms with Gasteiger partial charge in [-0.1, -0.05) is 18.0 Å². The predicted octanol–water partition coefficient (Wildman–Crippen LogP) is 4.44. The number of carbonyl (C=O) groups is 1. The lowest BCUT2D eigenvalue weighted by Gasteiger charge is -2.10. The monoisotopic (exact) mass is 729 g/mol. The van der Waals surface area contributed by atoms with E-state index in [-0.39, 0.29) is 46.9 Å². The number of phenols is 1. The van der Waals surface area contributed by atoms with Crippen LogP contribution in [0.1, 0.15) is 36.0 Å². The number of nitrogens with one attached hydrogen (secondary N) is 2. The second-order valence-corrected chi connectivity index (χ2v) is 12.5. The lowest BCUT2D eigenvalue weighted by atomic mass is 10.1. The molecule has 1 amide bonds. The summed E-state index contributed by atoms with van der Waals surface area (Å²) in [6.07, 6.45) is 2.87. The number of rotatable bonds is 18. The lowest BCUT2D eigenvalue weighted by molar-refractivity contribution is -0.399. The van der Waals surface area contributed by atoms with Gasteiger partial charge in [-0.3, -0.25) is 34.9 Å². The van der Waals surface area contributed by atoms with E-state index in [2.05, 4.69) is 36.2 Å². The average Bonchev–Trinajstić information content (AvgIpc) is 3.54. The third-order valence-corrected chi connectivity index (χ3v) is 8.64. The van der Waals surface area contributed by atoms with Crippen LogP contribution in [-0.4, -0.2) is 73.9 Å². The Balaban J connectivity index is 1.30. The van der Waals surface area contributed by atoms with Crippen molar-refractivity contribution in [1.82, 2.24) is 30.8 Å². The SMILES string of the molecule is [N-]=[N+]=Nc1ccc(OCNCCCCCCNC(=O)c2cc([N+](=O)[O-])c(Sc3nnnn3-c3ccc(S(=O)(=O)O)cc3)c([N+](=O)[O-])c2)c(O)c1. The zero-order chi connectivity index (χ0) is 36.3. The van der Waals surface area contributed by atoms with Gasteiger partial charge in [-0.15, -0.1) is 5.10 Å². The Bertz CT molecular complexity index is 2000. The number of amides is 1. The van der Waals surface area contributed by atoms with E-state index in [0.29, 0.717) is 24.7 Å². The van der Waals surface area contributed by atoms with Crippen LogP contribution in [-0.2, 0) is 10.1 Å². The number of nitro benzene ring substituents is 2. The molecule has 0 fully saturated rings. The number of carbonyl (C=O) groups excluding carboxylic acids is 1. The second-order valence-electron chi connectivity index (χ2n) is 10.1. The number of hydrogen-bond acceptors (Lipinski definition) is 15. The number of ether oxygens (including phenoxy) is 1. The average molecular weight is 730 g/mol. The number of azide groups is 1. The van der Waals surface area contributed by atoms with Gasteiger partial charge in [0, 0.05) is 29.3 Å². The molecule has 3 aromatic carbocycles. The number of nitro groups is 2. The Morgan fingerprint density at radius 1 is 1.02 bits per heavy atom. The topological polar surface area (TPSA) is 304 Å². The Morgan fingerprint density at radius 3 is 2.28 bits per heavy atom. The molecular formula is C27H27N11O10S2. The van der Waals surface area contributed by atoms with Crippen molar-refractivity contribution in [3.8, 4) is 17.2 Å². The molecule has 262 valence electrons. The van der Waals surface area contributed by atoms with Crippen molar-refractivity contribution >= 4 is 44.8 Å².